The van der Waals surface area contributed by atoms with Gasteiger partial charge in [0.1, 0.15) is 0 Å². The summed E-state index contributed by atoms with van der Waals surface area (Å²) >= 11 is 0. The van der Waals surface area contributed by atoms with Crippen LogP contribution in [0.4, 0.5) is 0 Å². The van der Waals surface area contributed by atoms with Crippen molar-refractivity contribution < 1.29 is 14.6 Å². The lowest BCUT2D eigenvalue weighted by Gasteiger charge is -2.30. The zero-order valence-electron chi connectivity index (χ0n) is 11.2. The molecule has 0 heterocycles. The van der Waals surface area contributed by atoms with Crippen molar-refractivity contribution in [1.82, 2.24) is 0 Å². The Morgan fingerprint density at radius 2 is 1.88 bits per heavy atom. The summed E-state index contributed by atoms with van der Waals surface area (Å²) in [6, 6.07) is 0. The van der Waals surface area contributed by atoms with Crippen LogP contribution in [-0.2, 0) is 9.53 Å². The molecular weight excluding hydrogens is 204 g/mol. The van der Waals surface area contributed by atoms with Gasteiger partial charge in [0.25, 0.3) is 0 Å². The van der Waals surface area contributed by atoms with E-state index in [0.29, 0.717) is 12.8 Å². The van der Waals surface area contributed by atoms with Crippen LogP contribution in [-0.4, -0.2) is 22.8 Å². The lowest BCUT2D eigenvalue weighted by Crippen LogP contribution is -2.35. The second-order valence-corrected chi connectivity index (χ2v) is 4.73. The normalized spacial score (nSPS) is 18.6. The van der Waals surface area contributed by atoms with Crippen molar-refractivity contribution in [2.45, 2.75) is 72.0 Å². The van der Waals surface area contributed by atoms with Gasteiger partial charge in [0.15, 0.2) is 0 Å². The SMILES string of the molecule is CCC(C)OC(=O)CC(CC)C(C)(O)CC. The number of carbonyl (C=O) groups excluding carboxylic acids is 1. The third-order valence-corrected chi connectivity index (χ3v) is 3.41. The molecule has 0 fully saturated rings. The van der Waals surface area contributed by atoms with Gasteiger partial charge in [-0.3, -0.25) is 4.79 Å². The van der Waals surface area contributed by atoms with Crippen LogP contribution in [0.5, 0.6) is 0 Å². The zero-order valence-corrected chi connectivity index (χ0v) is 11.2. The van der Waals surface area contributed by atoms with E-state index in [1.54, 1.807) is 6.92 Å². The second-order valence-electron chi connectivity index (χ2n) is 4.73. The molecule has 0 aliphatic carbocycles. The average molecular weight is 230 g/mol. The minimum atomic E-state index is -0.775. The number of hydrogen-bond donors (Lipinski definition) is 1. The molecular formula is C13H26O3. The van der Waals surface area contributed by atoms with Gasteiger partial charge in [0, 0.05) is 0 Å². The Labute approximate surface area is 99.2 Å². The van der Waals surface area contributed by atoms with Crippen LogP contribution in [0.25, 0.3) is 0 Å². The molecule has 0 aromatic heterocycles. The highest BCUT2D eigenvalue weighted by Crippen LogP contribution is 2.27. The monoisotopic (exact) mass is 230 g/mol. The molecule has 96 valence electrons. The van der Waals surface area contributed by atoms with E-state index in [2.05, 4.69) is 0 Å². The highest BCUT2D eigenvalue weighted by molar-refractivity contribution is 5.70. The predicted octanol–water partition coefficient (Wildman–Crippen LogP) is 2.91. The molecule has 3 atom stereocenters. The topological polar surface area (TPSA) is 46.5 Å². The van der Waals surface area contributed by atoms with E-state index in [4.69, 9.17) is 4.74 Å². The van der Waals surface area contributed by atoms with Crippen molar-refractivity contribution >= 4 is 5.97 Å². The summed E-state index contributed by atoms with van der Waals surface area (Å²) in [7, 11) is 0. The molecule has 0 rings (SSSR count). The largest absolute Gasteiger partial charge is 0.463 e. The van der Waals surface area contributed by atoms with Gasteiger partial charge in [-0.05, 0) is 32.6 Å². The molecule has 1 N–H and O–H groups in total. The second kappa shape index (κ2) is 6.89. The van der Waals surface area contributed by atoms with Crippen molar-refractivity contribution in [3.05, 3.63) is 0 Å². The van der Waals surface area contributed by atoms with Gasteiger partial charge in [0.05, 0.1) is 18.1 Å². The molecule has 0 aliphatic rings. The lowest BCUT2D eigenvalue weighted by atomic mass is 9.82. The summed E-state index contributed by atoms with van der Waals surface area (Å²) in [6.07, 6.45) is 2.55. The van der Waals surface area contributed by atoms with Crippen LogP contribution < -0.4 is 0 Å². The maximum Gasteiger partial charge on any atom is 0.306 e. The van der Waals surface area contributed by atoms with Gasteiger partial charge < -0.3 is 9.84 Å². The first-order valence-corrected chi connectivity index (χ1v) is 6.29. The number of carbonyl (C=O) groups is 1. The van der Waals surface area contributed by atoms with Crippen LogP contribution in [0.15, 0.2) is 0 Å². The van der Waals surface area contributed by atoms with Crippen LogP contribution in [0.2, 0.25) is 0 Å². The summed E-state index contributed by atoms with van der Waals surface area (Å²) in [4.78, 5) is 11.6. The van der Waals surface area contributed by atoms with Crippen LogP contribution >= 0.6 is 0 Å². The smallest absolute Gasteiger partial charge is 0.306 e. The molecule has 0 aromatic carbocycles. The fraction of sp³-hybridized carbons (Fsp3) is 0.923. The number of esters is 1. The van der Waals surface area contributed by atoms with Crippen molar-refractivity contribution in [3.63, 3.8) is 0 Å². The highest BCUT2D eigenvalue weighted by atomic mass is 16.5. The Hall–Kier alpha value is -0.570. The van der Waals surface area contributed by atoms with E-state index in [9.17, 15) is 9.90 Å². The van der Waals surface area contributed by atoms with E-state index in [-0.39, 0.29) is 18.0 Å². The number of aliphatic hydroxyl groups is 1. The summed E-state index contributed by atoms with van der Waals surface area (Å²) in [5.41, 5.74) is -0.775. The van der Waals surface area contributed by atoms with E-state index in [0.717, 1.165) is 12.8 Å². The van der Waals surface area contributed by atoms with Gasteiger partial charge in [-0.1, -0.05) is 27.2 Å². The van der Waals surface area contributed by atoms with Crippen molar-refractivity contribution in [1.29, 1.82) is 0 Å². The van der Waals surface area contributed by atoms with Crippen molar-refractivity contribution in [3.8, 4) is 0 Å². The molecule has 0 saturated heterocycles. The molecule has 3 unspecified atom stereocenters. The fourth-order valence-electron chi connectivity index (χ4n) is 1.65. The molecule has 0 spiro atoms. The van der Waals surface area contributed by atoms with Gasteiger partial charge in [0.2, 0.25) is 0 Å². The fourth-order valence-corrected chi connectivity index (χ4v) is 1.65. The molecule has 0 aromatic rings. The van der Waals surface area contributed by atoms with Crippen molar-refractivity contribution in [2.24, 2.45) is 5.92 Å². The first-order valence-electron chi connectivity index (χ1n) is 6.29. The lowest BCUT2D eigenvalue weighted by molar-refractivity contribution is -0.152. The molecule has 3 heteroatoms. The molecule has 3 nitrogen and oxygen atoms in total. The number of hydrogen-bond acceptors (Lipinski definition) is 3. The molecule has 0 aliphatic heterocycles. The first kappa shape index (κ1) is 15.4. The molecule has 16 heavy (non-hydrogen) atoms. The predicted molar refractivity (Wildman–Crippen MR) is 65.2 cm³/mol. The van der Waals surface area contributed by atoms with Gasteiger partial charge in [-0.2, -0.15) is 0 Å². The quantitative estimate of drug-likeness (QED) is 0.684. The Kier molecular flexibility index (Phi) is 6.65. The first-order chi connectivity index (χ1) is 7.37. The molecule has 0 saturated carbocycles. The average Bonchev–Trinajstić information content (AvgIpc) is 2.25. The summed E-state index contributed by atoms with van der Waals surface area (Å²) < 4.78 is 5.22. The molecule has 0 amide bonds. The number of ether oxygens (including phenoxy) is 1. The third-order valence-electron chi connectivity index (χ3n) is 3.41. The van der Waals surface area contributed by atoms with E-state index in [1.807, 2.05) is 27.7 Å². The Bertz CT molecular complexity index is 211. The maximum atomic E-state index is 11.6. The van der Waals surface area contributed by atoms with E-state index in [1.165, 1.54) is 0 Å². The standard InChI is InChI=1S/C13H26O3/c1-6-10(4)16-12(14)9-11(7-2)13(5,15)8-3/h10-11,15H,6-9H2,1-5H3. The minimum Gasteiger partial charge on any atom is -0.463 e. The van der Waals surface area contributed by atoms with Crippen LogP contribution in [0.3, 0.4) is 0 Å². The van der Waals surface area contributed by atoms with Crippen LogP contribution in [0, 0.1) is 5.92 Å². The minimum absolute atomic E-state index is 0.0194. The number of rotatable bonds is 7. The summed E-state index contributed by atoms with van der Waals surface area (Å²) in [6.45, 7) is 9.58. The maximum absolute atomic E-state index is 11.6. The summed E-state index contributed by atoms with van der Waals surface area (Å²) in [5, 5.41) is 10.1. The Morgan fingerprint density at radius 3 is 2.25 bits per heavy atom. The van der Waals surface area contributed by atoms with Gasteiger partial charge in [-0.15, -0.1) is 0 Å². The summed E-state index contributed by atoms with van der Waals surface area (Å²) in [5.74, 6) is -0.219. The van der Waals surface area contributed by atoms with Gasteiger partial charge >= 0.3 is 5.97 Å². The zero-order chi connectivity index (χ0) is 12.8. The van der Waals surface area contributed by atoms with E-state index >= 15 is 0 Å². The van der Waals surface area contributed by atoms with E-state index < -0.39 is 5.60 Å². The van der Waals surface area contributed by atoms with Crippen molar-refractivity contribution in [2.75, 3.05) is 0 Å². The van der Waals surface area contributed by atoms with Crippen LogP contribution in [0.1, 0.15) is 60.3 Å². The Balaban J connectivity index is 4.28. The highest BCUT2D eigenvalue weighted by Gasteiger charge is 2.31. The third kappa shape index (κ3) is 4.97. The molecule has 0 bridgehead atoms. The Morgan fingerprint density at radius 1 is 1.31 bits per heavy atom. The van der Waals surface area contributed by atoms with Gasteiger partial charge in [-0.25, -0.2) is 0 Å². The molecule has 0 radical (unpaired) electrons.